The van der Waals surface area contributed by atoms with Crippen LogP contribution in [0.5, 0.6) is 23.5 Å². The van der Waals surface area contributed by atoms with E-state index >= 15 is 0 Å². The monoisotopic (exact) mass is 2180 g/mol. The van der Waals surface area contributed by atoms with Crippen LogP contribution in [-0.2, 0) is 79.4 Å². The average Bonchev–Trinajstić information content (AvgIpc) is 1.60. The first-order valence-electron chi connectivity index (χ1n) is 45.2. The summed E-state index contributed by atoms with van der Waals surface area (Å²) in [5.41, 5.74) is 14.5. The highest BCUT2D eigenvalue weighted by molar-refractivity contribution is 9.10. The summed E-state index contributed by atoms with van der Waals surface area (Å²) >= 11 is 6.94. The number of carbonyl (C=O) groups is 3. The van der Waals surface area contributed by atoms with Crippen LogP contribution in [0.15, 0.2) is 148 Å². The molecule has 3 amide bonds. The maximum atomic E-state index is 12.7. The van der Waals surface area contributed by atoms with Gasteiger partial charge in [0.15, 0.2) is 0 Å². The minimum atomic E-state index is -1.35. The molecule has 8 aromatic heterocycles. The summed E-state index contributed by atoms with van der Waals surface area (Å²) in [6, 6.07) is 32.6. The van der Waals surface area contributed by atoms with Gasteiger partial charge in [0.1, 0.15) is 90.8 Å². The van der Waals surface area contributed by atoms with Crippen molar-refractivity contribution in [1.82, 2.24) is 59.9 Å². The van der Waals surface area contributed by atoms with E-state index in [1.54, 1.807) is 86.3 Å². The molecule has 758 valence electrons. The zero-order chi connectivity index (χ0) is 101. The number of rotatable bonds is 13. The molecule has 47 heteroatoms. The lowest BCUT2D eigenvalue weighted by Crippen LogP contribution is -2.59. The summed E-state index contributed by atoms with van der Waals surface area (Å²) in [6.07, 6.45) is 7.43. The number of nitrogens with zero attached hydrogens (tertiary/aromatic N) is 11. The summed E-state index contributed by atoms with van der Waals surface area (Å²) in [7, 11) is -1.35. The first kappa shape index (κ1) is 111. The third-order valence-corrected chi connectivity index (χ3v) is 29.2. The molecule has 0 radical (unpaired) electrons. The second-order valence-electron chi connectivity index (χ2n) is 37.3. The number of benzene rings is 4. The number of ether oxygens (including phenoxy) is 11. The fourth-order valence-electron chi connectivity index (χ4n) is 17.6. The highest BCUT2D eigenvalue weighted by atomic mass is 79.9. The number of hydrogen-bond acceptors (Lipinski definition) is 37. The largest absolute Gasteiger partial charge is 0.488 e. The summed E-state index contributed by atoms with van der Waals surface area (Å²) in [6.45, 7) is 31.6. The van der Waals surface area contributed by atoms with E-state index in [4.69, 9.17) is 95.8 Å². The number of thiophene rings is 4. The number of aryl methyl sites for hydroxylation is 4. The minimum absolute atomic E-state index is 0. The number of fused-ring (bicyclic) bond motifs is 12. The first-order chi connectivity index (χ1) is 67.7. The lowest BCUT2D eigenvalue weighted by atomic mass is 9.80. The molecule has 3 N–H and O–H groups in total. The highest BCUT2D eigenvalue weighted by Crippen LogP contribution is 2.46. The van der Waals surface area contributed by atoms with E-state index in [0.717, 1.165) is 118 Å². The molecule has 8 atom stereocenters. The summed E-state index contributed by atoms with van der Waals surface area (Å²) in [5, 5.41) is 29.2. The van der Waals surface area contributed by atoms with Crippen molar-refractivity contribution < 1.29 is 110 Å². The van der Waals surface area contributed by atoms with Crippen molar-refractivity contribution in [1.29, 1.82) is 0 Å². The molecule has 0 spiro atoms. The van der Waals surface area contributed by atoms with Crippen molar-refractivity contribution in [2.45, 2.75) is 130 Å². The second-order valence-corrected chi connectivity index (χ2v) is 42.2. The quantitative estimate of drug-likeness (QED) is 0.0713. The van der Waals surface area contributed by atoms with Crippen LogP contribution in [0.25, 0.3) is 74.2 Å². The predicted molar refractivity (Wildman–Crippen MR) is 545 cm³/mol. The van der Waals surface area contributed by atoms with Gasteiger partial charge in [0.2, 0.25) is 23.5 Å². The number of amides is 3. The van der Waals surface area contributed by atoms with Gasteiger partial charge in [0.05, 0.1) is 73.9 Å². The van der Waals surface area contributed by atoms with Crippen LogP contribution >= 0.6 is 73.7 Å². The Bertz CT molecular complexity index is 6120. The van der Waals surface area contributed by atoms with Gasteiger partial charge >= 0.3 is 71.7 Å². The van der Waals surface area contributed by atoms with E-state index in [1.807, 2.05) is 77.8 Å². The van der Waals surface area contributed by atoms with Gasteiger partial charge in [0.25, 0.3) is 0 Å². The Morgan fingerprint density at radius 1 is 0.401 bits per heavy atom. The van der Waals surface area contributed by atoms with Crippen molar-refractivity contribution in [3.05, 3.63) is 171 Å². The van der Waals surface area contributed by atoms with E-state index in [1.165, 1.54) is 28.6 Å². The third kappa shape index (κ3) is 29.2. The fourth-order valence-corrected chi connectivity index (χ4v) is 22.0. The SMILES string of the molecule is CC(C)(C)OC(=O)N1CC2COCC(C1)C2Oc1ncnc2c(Br)csc12.Cc1ccc(-c2csc3c(OC4C5CNCC4COC5)ncnc23)cc1.Cc1ccc(-c2csc3c(OC4C5COCC4CN(C(=O)OC(C)(C)C)C5)ncnc23)cc1.Cc1ccc(-c2csc3c(OC4C5COCC4CN(C(=O)OC4(C)CC4)C5)ncnc23)cc1.Cc1ccc(B(O)O)cc1.Cl.O=S=O.O=S=O.O=S=O.O=S=O. The Hall–Kier alpha value is -10.1. The van der Waals surface area contributed by atoms with Gasteiger partial charge in [-0.3, -0.25) is 0 Å². The van der Waals surface area contributed by atoms with Crippen LogP contribution in [0.4, 0.5) is 14.4 Å². The second kappa shape index (κ2) is 51.6. The van der Waals surface area contributed by atoms with Crippen LogP contribution in [-0.4, -0.2) is 270 Å². The van der Waals surface area contributed by atoms with Crippen LogP contribution in [0.1, 0.15) is 83.6 Å². The number of aromatic nitrogens is 8. The Balaban J connectivity index is 0.000000158. The Morgan fingerprint density at radius 3 is 0.937 bits per heavy atom. The Kier molecular flexibility index (Phi) is 40.2. The molecule has 142 heavy (non-hydrogen) atoms. The van der Waals surface area contributed by atoms with Crippen molar-refractivity contribution in [3.63, 3.8) is 0 Å². The smallest absolute Gasteiger partial charge is 0.472 e. The van der Waals surface area contributed by atoms with Gasteiger partial charge in [-0.05, 0) is 127 Å². The number of nitrogens with one attached hydrogen (secondary N) is 1. The van der Waals surface area contributed by atoms with Crippen molar-refractivity contribution in [3.8, 4) is 56.9 Å². The molecule has 8 saturated heterocycles. The van der Waals surface area contributed by atoms with Gasteiger partial charge in [-0.2, -0.15) is 33.7 Å². The number of halogens is 2. The summed E-state index contributed by atoms with van der Waals surface area (Å²) in [4.78, 5) is 79.0. The maximum absolute atomic E-state index is 12.7. The van der Waals surface area contributed by atoms with E-state index < -0.39 is 64.6 Å². The molecule has 8 unspecified atom stereocenters. The average molecular weight is 2190 g/mol. The van der Waals surface area contributed by atoms with Crippen LogP contribution < -0.4 is 29.7 Å². The van der Waals surface area contributed by atoms with E-state index in [9.17, 15) is 14.4 Å². The summed E-state index contributed by atoms with van der Waals surface area (Å²) < 4.78 is 137. The van der Waals surface area contributed by atoms with Crippen LogP contribution in [0.2, 0.25) is 0 Å². The predicted octanol–water partition coefficient (Wildman–Crippen LogP) is 14.0. The van der Waals surface area contributed by atoms with Gasteiger partial charge in [0, 0.05) is 138 Å². The van der Waals surface area contributed by atoms with Gasteiger partial charge in [-0.25, -0.2) is 54.3 Å². The lowest BCUT2D eigenvalue weighted by Gasteiger charge is -2.46. The molecule has 8 bridgehead atoms. The van der Waals surface area contributed by atoms with E-state index in [0.29, 0.717) is 120 Å². The van der Waals surface area contributed by atoms with Gasteiger partial charge in [-0.1, -0.05) is 119 Å². The molecule has 8 aliphatic heterocycles. The molecule has 16 heterocycles. The van der Waals surface area contributed by atoms with Crippen molar-refractivity contribution in [2.75, 3.05) is 105 Å². The maximum Gasteiger partial charge on any atom is 0.488 e. The zero-order valence-corrected chi connectivity index (χ0v) is 88.4. The van der Waals surface area contributed by atoms with E-state index in [2.05, 4.69) is 171 Å². The molecule has 1 saturated carbocycles. The Labute approximate surface area is 865 Å². The molecule has 1 aliphatic carbocycles. The molecule has 9 fully saturated rings. The fraction of sp³-hybridized carbons (Fsp3) is 0.463. The zero-order valence-electron chi connectivity index (χ0n) is 79.4. The molecule has 9 aliphatic rings. The Morgan fingerprint density at radius 2 is 0.655 bits per heavy atom. The molecular formula is C95H109BBrClN12O24S8. The first-order valence-corrected chi connectivity index (χ1v) is 52.2. The molecule has 12 aromatic rings. The van der Waals surface area contributed by atoms with Gasteiger partial charge in [-0.15, -0.1) is 57.8 Å². The lowest BCUT2D eigenvalue weighted by molar-refractivity contribution is -0.113. The van der Waals surface area contributed by atoms with Gasteiger partial charge < -0.3 is 82.2 Å². The molecular weight excluding hydrogens is 2080 g/mol. The van der Waals surface area contributed by atoms with Crippen LogP contribution in [0.3, 0.4) is 0 Å². The third-order valence-electron chi connectivity index (χ3n) is 24.5. The van der Waals surface area contributed by atoms with Crippen molar-refractivity contribution in [2.24, 2.45) is 47.3 Å². The standard InChI is InChI=1S/C25H27N3O4S.C25H29N3O4S.C20H21N3O2S.C18H22BrN3O4S.C7H9BO2.ClH.4O2S/c1-15-3-5-16(6-4-15)19-13-33-22-20(19)26-14-27-23(22)31-21-17-9-28(10-18(21)12-30-11-17)24(29)32-25(2)7-8-25;1-15-5-7-16(8-6-15)19-13-33-22-20(19)26-14-27-23(22)31-21-17-9-28(10-18(21)12-30-11-17)24(29)32-25(2,3)4;1-12-2-4-13(5-3-12)16-10-26-19-17(16)22-11-23-20(19)25-18-14-6-21-7-15(18)9-24-8-14;1-18(2,3)26-17(23)22-4-10-6-24-7-11(5-22)14(10)25-16-15-13(20-9-21-16)12(19)8-27-15;1-6-2-4-7(5-3-6)8(9)10;;4*1-3-2/h3-6,13-14,17-18,21H,7-12H2,1-2H3;5-8,13-14,17-18,21H,9-12H2,1-4H3;2-5,10-11,14-15,18,21H,6-9H2,1H3;8-11,14H,4-7H2,1-3H3;2-5,9-10H,1H3;1H;;;;. The van der Waals surface area contributed by atoms with E-state index in [-0.39, 0.29) is 96.2 Å². The number of piperidine rings is 4. The normalized spacial score (nSPS) is 21.8. The number of likely N-dealkylation sites (tertiary alicyclic amines) is 3. The molecule has 4 aromatic carbocycles. The molecule has 36 nitrogen and oxygen atoms in total. The topological polar surface area (TPSA) is 455 Å². The minimum Gasteiger partial charge on any atom is -0.472 e. The number of hydrogen-bond donors (Lipinski definition) is 3. The van der Waals surface area contributed by atoms with Crippen LogP contribution in [0, 0.1) is 75.0 Å². The highest BCUT2D eigenvalue weighted by Gasteiger charge is 2.50. The summed E-state index contributed by atoms with van der Waals surface area (Å²) in [5.74, 6) is 3.74. The molecule has 21 rings (SSSR count). The van der Waals surface area contributed by atoms with Crippen molar-refractivity contribution >= 4 is 192 Å². The number of carbonyl (C=O) groups excluding carboxylic acids is 3.